The van der Waals surface area contributed by atoms with E-state index in [-0.39, 0.29) is 16.8 Å². The van der Waals surface area contributed by atoms with Crippen LogP contribution in [0.5, 0.6) is 0 Å². The Hall–Kier alpha value is -0.550. The Morgan fingerprint density at radius 2 is 2.23 bits per heavy atom. The molecular formula is C8H8BrF2NO. The Bertz CT molecular complexity index is 317. The molecule has 0 atom stereocenters. The number of aromatic nitrogens is 1. The summed E-state index contributed by atoms with van der Waals surface area (Å²) in [5.41, 5.74) is 0.659. The molecule has 1 aromatic heterocycles. The second kappa shape index (κ2) is 4.11. The fourth-order valence-corrected chi connectivity index (χ4v) is 1.55. The lowest BCUT2D eigenvalue weighted by Crippen LogP contribution is -2.00. The third-order valence-corrected chi connectivity index (χ3v) is 2.29. The molecule has 0 bridgehead atoms. The minimum absolute atomic E-state index is 0.275. The van der Waals surface area contributed by atoms with Crippen molar-refractivity contribution in [2.45, 2.75) is 20.0 Å². The van der Waals surface area contributed by atoms with Gasteiger partial charge in [-0.25, -0.2) is 13.8 Å². The minimum Gasteiger partial charge on any atom is -0.390 e. The van der Waals surface area contributed by atoms with Gasteiger partial charge in [-0.15, -0.1) is 0 Å². The maximum atomic E-state index is 12.3. The van der Waals surface area contributed by atoms with Crippen molar-refractivity contribution in [3.63, 3.8) is 0 Å². The van der Waals surface area contributed by atoms with Crippen LogP contribution in [0.4, 0.5) is 8.78 Å². The quantitative estimate of drug-likeness (QED) is 0.877. The van der Waals surface area contributed by atoms with E-state index in [1.807, 2.05) is 0 Å². The Labute approximate surface area is 82.7 Å². The second-order valence-electron chi connectivity index (χ2n) is 2.58. The van der Waals surface area contributed by atoms with Crippen LogP contribution in [-0.4, -0.2) is 10.1 Å². The van der Waals surface area contributed by atoms with Crippen molar-refractivity contribution in [2.75, 3.05) is 0 Å². The first kappa shape index (κ1) is 10.5. The molecule has 5 heteroatoms. The summed E-state index contributed by atoms with van der Waals surface area (Å²) in [4.78, 5) is 3.64. The van der Waals surface area contributed by atoms with Crippen LogP contribution in [0.3, 0.4) is 0 Å². The van der Waals surface area contributed by atoms with Crippen LogP contribution >= 0.6 is 15.9 Å². The second-order valence-corrected chi connectivity index (χ2v) is 3.43. The standard InChI is InChI=1S/C8H8BrF2NO/c1-4-2-5(9)7(8(10)11)12-6(4)3-13/h2,8,13H,3H2,1H3. The molecule has 0 aliphatic carbocycles. The molecule has 0 aliphatic heterocycles. The summed E-state index contributed by atoms with van der Waals surface area (Å²) in [6, 6.07) is 1.53. The molecule has 0 unspecified atom stereocenters. The van der Waals surface area contributed by atoms with Crippen LogP contribution in [0.15, 0.2) is 10.5 Å². The lowest BCUT2D eigenvalue weighted by molar-refractivity contribution is 0.144. The van der Waals surface area contributed by atoms with Crippen LogP contribution < -0.4 is 0 Å². The van der Waals surface area contributed by atoms with Gasteiger partial charge in [0, 0.05) is 4.47 Å². The van der Waals surface area contributed by atoms with Gasteiger partial charge in [0.15, 0.2) is 0 Å². The van der Waals surface area contributed by atoms with Crippen LogP contribution in [-0.2, 0) is 6.61 Å². The molecule has 1 N–H and O–H groups in total. The summed E-state index contributed by atoms with van der Waals surface area (Å²) < 4.78 is 24.9. The first-order chi connectivity index (χ1) is 6.06. The van der Waals surface area contributed by atoms with E-state index in [9.17, 15) is 8.78 Å². The van der Waals surface area contributed by atoms with Gasteiger partial charge in [0.1, 0.15) is 5.69 Å². The van der Waals surface area contributed by atoms with Gasteiger partial charge in [0.2, 0.25) is 0 Å². The molecule has 0 fully saturated rings. The number of nitrogens with zero attached hydrogens (tertiary/aromatic N) is 1. The van der Waals surface area contributed by atoms with E-state index < -0.39 is 6.43 Å². The van der Waals surface area contributed by atoms with Crippen molar-refractivity contribution in [2.24, 2.45) is 0 Å². The summed E-state index contributed by atoms with van der Waals surface area (Å²) in [5, 5.41) is 8.79. The molecule has 72 valence electrons. The van der Waals surface area contributed by atoms with E-state index in [2.05, 4.69) is 20.9 Å². The van der Waals surface area contributed by atoms with Crippen molar-refractivity contribution < 1.29 is 13.9 Å². The van der Waals surface area contributed by atoms with Gasteiger partial charge >= 0.3 is 0 Å². The van der Waals surface area contributed by atoms with Gasteiger partial charge < -0.3 is 5.11 Å². The maximum Gasteiger partial charge on any atom is 0.281 e. The zero-order valence-corrected chi connectivity index (χ0v) is 8.48. The maximum absolute atomic E-state index is 12.3. The van der Waals surface area contributed by atoms with Gasteiger partial charge in [-0.2, -0.15) is 0 Å². The predicted octanol–water partition coefficient (Wildman–Crippen LogP) is 2.58. The molecule has 0 amide bonds. The molecule has 0 radical (unpaired) electrons. The Morgan fingerprint density at radius 3 is 2.69 bits per heavy atom. The average Bonchev–Trinajstić information content (AvgIpc) is 2.03. The third kappa shape index (κ3) is 2.22. The highest BCUT2D eigenvalue weighted by atomic mass is 79.9. The van der Waals surface area contributed by atoms with E-state index in [0.717, 1.165) is 0 Å². The van der Waals surface area contributed by atoms with Crippen molar-refractivity contribution in [3.05, 3.63) is 27.5 Å². The van der Waals surface area contributed by atoms with E-state index in [1.54, 1.807) is 6.92 Å². The van der Waals surface area contributed by atoms with Crippen LogP contribution in [0.25, 0.3) is 0 Å². The smallest absolute Gasteiger partial charge is 0.281 e. The van der Waals surface area contributed by atoms with Crippen LogP contribution in [0.2, 0.25) is 0 Å². The highest BCUT2D eigenvalue weighted by Crippen LogP contribution is 2.27. The number of hydrogen-bond donors (Lipinski definition) is 1. The first-order valence-corrected chi connectivity index (χ1v) is 4.40. The van der Waals surface area contributed by atoms with Gasteiger partial charge in [-0.05, 0) is 34.5 Å². The third-order valence-electron chi connectivity index (χ3n) is 1.65. The summed E-state index contributed by atoms with van der Waals surface area (Å²) in [7, 11) is 0. The summed E-state index contributed by atoms with van der Waals surface area (Å²) in [5.74, 6) is 0. The summed E-state index contributed by atoms with van der Waals surface area (Å²) in [6.45, 7) is 1.39. The molecule has 0 saturated heterocycles. The average molecular weight is 252 g/mol. The number of hydrogen-bond acceptors (Lipinski definition) is 2. The van der Waals surface area contributed by atoms with E-state index >= 15 is 0 Å². The van der Waals surface area contributed by atoms with Crippen molar-refractivity contribution in [1.82, 2.24) is 4.98 Å². The Kier molecular flexibility index (Phi) is 3.33. The van der Waals surface area contributed by atoms with Crippen molar-refractivity contribution >= 4 is 15.9 Å². The lowest BCUT2D eigenvalue weighted by Gasteiger charge is -2.07. The molecule has 2 nitrogen and oxygen atoms in total. The fraction of sp³-hybridized carbons (Fsp3) is 0.375. The topological polar surface area (TPSA) is 33.1 Å². The minimum atomic E-state index is -2.62. The molecule has 1 aromatic rings. The molecule has 13 heavy (non-hydrogen) atoms. The number of alkyl halides is 2. The highest BCUT2D eigenvalue weighted by molar-refractivity contribution is 9.10. The molecule has 0 saturated carbocycles. The van der Waals surface area contributed by atoms with Crippen LogP contribution in [0.1, 0.15) is 23.4 Å². The zero-order valence-electron chi connectivity index (χ0n) is 6.89. The molecule has 0 spiro atoms. The number of halogens is 3. The first-order valence-electron chi connectivity index (χ1n) is 3.61. The molecule has 0 aromatic carbocycles. The summed E-state index contributed by atoms with van der Waals surface area (Å²) >= 11 is 2.99. The number of rotatable bonds is 2. The van der Waals surface area contributed by atoms with E-state index in [0.29, 0.717) is 11.3 Å². The molecular weight excluding hydrogens is 244 g/mol. The van der Waals surface area contributed by atoms with E-state index in [1.165, 1.54) is 6.07 Å². The monoisotopic (exact) mass is 251 g/mol. The van der Waals surface area contributed by atoms with Gasteiger partial charge in [0.25, 0.3) is 6.43 Å². The molecule has 1 heterocycles. The number of aryl methyl sites for hydroxylation is 1. The number of pyridine rings is 1. The van der Waals surface area contributed by atoms with Crippen molar-refractivity contribution in [3.8, 4) is 0 Å². The van der Waals surface area contributed by atoms with Crippen molar-refractivity contribution in [1.29, 1.82) is 0 Å². The number of aliphatic hydroxyl groups is 1. The normalized spacial score (nSPS) is 10.9. The molecule has 0 aliphatic rings. The summed E-state index contributed by atoms with van der Waals surface area (Å²) in [6.07, 6.45) is -2.62. The van der Waals surface area contributed by atoms with Gasteiger partial charge in [-0.1, -0.05) is 0 Å². The number of aliphatic hydroxyl groups excluding tert-OH is 1. The fourth-order valence-electron chi connectivity index (χ4n) is 0.947. The van der Waals surface area contributed by atoms with Crippen LogP contribution in [0, 0.1) is 6.92 Å². The SMILES string of the molecule is Cc1cc(Br)c(C(F)F)nc1CO. The van der Waals surface area contributed by atoms with Gasteiger partial charge in [-0.3, -0.25) is 0 Å². The Balaban J connectivity index is 3.22. The molecule has 1 rings (SSSR count). The Morgan fingerprint density at radius 1 is 1.62 bits per heavy atom. The van der Waals surface area contributed by atoms with Gasteiger partial charge in [0.05, 0.1) is 12.3 Å². The largest absolute Gasteiger partial charge is 0.390 e. The predicted molar refractivity (Wildman–Crippen MR) is 47.6 cm³/mol. The highest BCUT2D eigenvalue weighted by Gasteiger charge is 2.15. The zero-order chi connectivity index (χ0) is 10.0. The lowest BCUT2D eigenvalue weighted by atomic mass is 10.2. The van der Waals surface area contributed by atoms with E-state index in [4.69, 9.17) is 5.11 Å².